The molecular weight excluding hydrogens is 242 g/mol. The van der Waals surface area contributed by atoms with Crippen LogP contribution in [0, 0.1) is 0 Å². The predicted molar refractivity (Wildman–Crippen MR) is 72.5 cm³/mol. The van der Waals surface area contributed by atoms with E-state index in [0.717, 1.165) is 36.4 Å². The first-order chi connectivity index (χ1) is 9.20. The summed E-state index contributed by atoms with van der Waals surface area (Å²) in [6.45, 7) is 3.63. The molecule has 0 amide bonds. The lowest BCUT2D eigenvalue weighted by Crippen LogP contribution is -2.11. The average Bonchev–Trinajstić information content (AvgIpc) is 3.06. The van der Waals surface area contributed by atoms with Gasteiger partial charge in [-0.05, 0) is 6.42 Å². The van der Waals surface area contributed by atoms with Crippen LogP contribution in [0.4, 0.5) is 5.95 Å². The maximum Gasteiger partial charge on any atom is 0.202 e. The molecule has 3 aromatic heterocycles. The Hall–Kier alpha value is -2.31. The van der Waals surface area contributed by atoms with Crippen molar-refractivity contribution in [1.29, 1.82) is 0 Å². The van der Waals surface area contributed by atoms with Crippen LogP contribution in [0.15, 0.2) is 18.7 Å². The molecule has 0 aliphatic carbocycles. The van der Waals surface area contributed by atoms with Crippen LogP contribution in [0.3, 0.4) is 0 Å². The van der Waals surface area contributed by atoms with Crippen molar-refractivity contribution in [2.45, 2.75) is 26.4 Å². The molecule has 0 fully saturated rings. The van der Waals surface area contributed by atoms with E-state index >= 15 is 0 Å². The van der Waals surface area contributed by atoms with E-state index in [4.69, 9.17) is 5.73 Å². The summed E-state index contributed by atoms with van der Waals surface area (Å²) in [6.07, 6.45) is 6.36. The molecule has 7 nitrogen and oxygen atoms in total. The number of nitrogens with zero attached hydrogens (tertiary/aromatic N) is 6. The number of nitrogens with two attached hydrogens (primary N) is 1. The molecule has 7 heteroatoms. The molecule has 0 spiro atoms. The number of nitrogen functional groups attached to an aromatic ring is 1. The van der Waals surface area contributed by atoms with Gasteiger partial charge in [0.2, 0.25) is 5.95 Å². The zero-order valence-electron chi connectivity index (χ0n) is 11.1. The number of fused-ring (bicyclic) bond motifs is 1. The van der Waals surface area contributed by atoms with E-state index in [-0.39, 0.29) is 0 Å². The summed E-state index contributed by atoms with van der Waals surface area (Å²) in [5, 5.41) is 4.47. The lowest BCUT2D eigenvalue weighted by molar-refractivity contribution is 0.581. The van der Waals surface area contributed by atoms with Crippen molar-refractivity contribution in [2.24, 2.45) is 7.05 Å². The van der Waals surface area contributed by atoms with Crippen molar-refractivity contribution in [3.05, 3.63) is 24.4 Å². The van der Waals surface area contributed by atoms with E-state index in [2.05, 4.69) is 22.0 Å². The van der Waals surface area contributed by atoms with Crippen molar-refractivity contribution < 1.29 is 0 Å². The molecule has 0 radical (unpaired) electrons. The molecular formula is C12H17N7. The van der Waals surface area contributed by atoms with Gasteiger partial charge in [-0.1, -0.05) is 6.92 Å². The van der Waals surface area contributed by atoms with Crippen molar-refractivity contribution in [3.8, 4) is 0 Å². The fourth-order valence-electron chi connectivity index (χ4n) is 2.35. The fraction of sp³-hybridized carbons (Fsp3) is 0.417. The first-order valence-corrected chi connectivity index (χ1v) is 6.34. The number of hydrogen-bond acceptors (Lipinski definition) is 4. The maximum absolute atomic E-state index is 6.02. The Bertz CT molecular complexity index is 689. The third-order valence-corrected chi connectivity index (χ3v) is 3.30. The largest absolute Gasteiger partial charge is 0.369 e. The normalized spacial score (nSPS) is 11.5. The Morgan fingerprint density at radius 3 is 2.84 bits per heavy atom. The Labute approximate surface area is 110 Å². The monoisotopic (exact) mass is 259 g/mol. The van der Waals surface area contributed by atoms with Crippen LogP contribution >= 0.6 is 0 Å². The summed E-state index contributed by atoms with van der Waals surface area (Å²) in [6, 6.07) is 0. The Morgan fingerprint density at radius 2 is 2.16 bits per heavy atom. The molecule has 100 valence electrons. The minimum atomic E-state index is 0.540. The van der Waals surface area contributed by atoms with Crippen molar-refractivity contribution >= 4 is 17.1 Å². The van der Waals surface area contributed by atoms with E-state index < -0.39 is 0 Å². The van der Waals surface area contributed by atoms with Gasteiger partial charge in [-0.3, -0.25) is 9.25 Å². The molecule has 0 aliphatic rings. The third-order valence-electron chi connectivity index (χ3n) is 3.30. The summed E-state index contributed by atoms with van der Waals surface area (Å²) in [7, 11) is 1.93. The Balaban J connectivity index is 1.98. The molecule has 0 bridgehead atoms. The van der Waals surface area contributed by atoms with Gasteiger partial charge in [0, 0.05) is 32.5 Å². The van der Waals surface area contributed by atoms with E-state index in [9.17, 15) is 0 Å². The highest BCUT2D eigenvalue weighted by atomic mass is 15.3. The molecule has 0 saturated carbocycles. The third kappa shape index (κ3) is 1.87. The molecule has 0 atom stereocenters. The first-order valence-electron chi connectivity index (χ1n) is 6.34. The van der Waals surface area contributed by atoms with Crippen molar-refractivity contribution in [2.75, 3.05) is 5.73 Å². The highest BCUT2D eigenvalue weighted by molar-refractivity contribution is 5.77. The average molecular weight is 259 g/mol. The quantitative estimate of drug-likeness (QED) is 0.752. The standard InChI is InChI=1S/C12H17N7/c1-3-9-10-11(17(2)16-9)19(12(13)15-10)7-6-18-5-4-14-8-18/h4-5,8H,3,6-7H2,1-2H3,(H2,13,15). The topological polar surface area (TPSA) is 79.5 Å². The molecule has 0 saturated heterocycles. The minimum Gasteiger partial charge on any atom is -0.369 e. The lowest BCUT2D eigenvalue weighted by atomic mass is 10.3. The highest BCUT2D eigenvalue weighted by Crippen LogP contribution is 2.21. The van der Waals surface area contributed by atoms with E-state index in [1.807, 2.05) is 27.1 Å². The van der Waals surface area contributed by atoms with Gasteiger partial charge in [-0.2, -0.15) is 5.10 Å². The van der Waals surface area contributed by atoms with Gasteiger partial charge in [0.05, 0.1) is 12.0 Å². The molecule has 0 aliphatic heterocycles. The van der Waals surface area contributed by atoms with Crippen LogP contribution in [0.25, 0.3) is 11.2 Å². The molecule has 3 aromatic rings. The second-order valence-electron chi connectivity index (χ2n) is 4.52. The molecule has 0 aromatic carbocycles. The molecule has 0 unspecified atom stereocenters. The van der Waals surface area contributed by atoms with Gasteiger partial charge in [0.25, 0.3) is 0 Å². The SMILES string of the molecule is CCc1nn(C)c2c1nc(N)n2CCn1ccnc1. The number of rotatable bonds is 4. The molecule has 3 heterocycles. The summed E-state index contributed by atoms with van der Waals surface area (Å²) in [4.78, 5) is 8.47. The zero-order chi connectivity index (χ0) is 13.4. The van der Waals surface area contributed by atoms with Gasteiger partial charge in [0.1, 0.15) is 5.52 Å². The molecule has 2 N–H and O–H groups in total. The highest BCUT2D eigenvalue weighted by Gasteiger charge is 2.16. The number of hydrogen-bond donors (Lipinski definition) is 1. The zero-order valence-corrected chi connectivity index (χ0v) is 11.1. The first kappa shape index (κ1) is 11.8. The lowest BCUT2D eigenvalue weighted by Gasteiger charge is -2.07. The summed E-state index contributed by atoms with van der Waals surface area (Å²) >= 11 is 0. The smallest absolute Gasteiger partial charge is 0.202 e. The van der Waals surface area contributed by atoms with E-state index in [1.165, 1.54) is 0 Å². The number of anilines is 1. The van der Waals surface area contributed by atoms with Gasteiger partial charge in [0.15, 0.2) is 5.65 Å². The van der Waals surface area contributed by atoms with Crippen LogP contribution in [0.1, 0.15) is 12.6 Å². The van der Waals surface area contributed by atoms with Crippen LogP contribution in [0.5, 0.6) is 0 Å². The number of aromatic nitrogens is 6. The van der Waals surface area contributed by atoms with Gasteiger partial charge < -0.3 is 10.3 Å². The molecule has 19 heavy (non-hydrogen) atoms. The number of aryl methyl sites for hydroxylation is 4. The van der Waals surface area contributed by atoms with Gasteiger partial charge in [-0.25, -0.2) is 9.97 Å². The molecule has 3 rings (SSSR count). The van der Waals surface area contributed by atoms with Crippen molar-refractivity contribution in [1.82, 2.24) is 28.9 Å². The Morgan fingerprint density at radius 1 is 1.32 bits per heavy atom. The fourth-order valence-corrected chi connectivity index (χ4v) is 2.35. The van der Waals surface area contributed by atoms with E-state index in [1.54, 1.807) is 12.5 Å². The minimum absolute atomic E-state index is 0.540. The predicted octanol–water partition coefficient (Wildman–Crippen LogP) is 0.811. The van der Waals surface area contributed by atoms with E-state index in [0.29, 0.717) is 5.95 Å². The van der Waals surface area contributed by atoms with Crippen molar-refractivity contribution in [3.63, 3.8) is 0 Å². The van der Waals surface area contributed by atoms with Gasteiger partial charge >= 0.3 is 0 Å². The number of imidazole rings is 2. The van der Waals surface area contributed by atoms with Gasteiger partial charge in [-0.15, -0.1) is 0 Å². The second kappa shape index (κ2) is 4.42. The summed E-state index contributed by atoms with van der Waals surface area (Å²) in [5.41, 5.74) is 8.90. The van der Waals surface area contributed by atoms with Crippen LogP contribution in [0.2, 0.25) is 0 Å². The second-order valence-corrected chi connectivity index (χ2v) is 4.52. The van der Waals surface area contributed by atoms with Crippen LogP contribution in [-0.4, -0.2) is 28.9 Å². The van der Waals surface area contributed by atoms with Crippen LogP contribution in [-0.2, 0) is 26.6 Å². The van der Waals surface area contributed by atoms with Crippen LogP contribution < -0.4 is 5.73 Å². The summed E-state index contributed by atoms with van der Waals surface area (Å²) in [5.74, 6) is 0.540. The Kier molecular flexibility index (Phi) is 2.73. The summed E-state index contributed by atoms with van der Waals surface area (Å²) < 4.78 is 5.87. The maximum atomic E-state index is 6.02.